The quantitative estimate of drug-likeness (QED) is 0.371. The number of carbonyl (C=O) groups is 1. The summed E-state index contributed by atoms with van der Waals surface area (Å²) in [5.41, 5.74) is 7.04. The molecule has 4 aromatic rings. The standard InChI is InChI=1S/C22H27N9O2/c1-13(2)31-16-7-18(25-9-15(16)27-19(31)11-32)28-17-5-6-24-20(29-17)14-8-26-30(10-14)12-22(3,4)21(23)33/h5-10,13,32H,11-12H2,1-4H3,(H2,23,33)(H,24,25,28,29). The van der Waals surface area contributed by atoms with Gasteiger partial charge in [-0.15, -0.1) is 0 Å². The normalized spacial score (nSPS) is 11.9. The van der Waals surface area contributed by atoms with Gasteiger partial charge in [0.2, 0.25) is 5.91 Å². The van der Waals surface area contributed by atoms with Gasteiger partial charge in [-0.2, -0.15) is 5.10 Å². The maximum absolute atomic E-state index is 11.6. The number of carbonyl (C=O) groups excluding carboxylic acids is 1. The predicted octanol–water partition coefficient (Wildman–Crippen LogP) is 2.41. The zero-order valence-corrected chi connectivity index (χ0v) is 19.0. The minimum atomic E-state index is -0.726. The summed E-state index contributed by atoms with van der Waals surface area (Å²) >= 11 is 0. The molecule has 0 atom stereocenters. The Balaban J connectivity index is 1.59. The lowest BCUT2D eigenvalue weighted by atomic mass is 9.93. The summed E-state index contributed by atoms with van der Waals surface area (Å²) in [6, 6.07) is 3.76. The van der Waals surface area contributed by atoms with Crippen molar-refractivity contribution in [3.63, 3.8) is 0 Å². The molecule has 4 N–H and O–H groups in total. The van der Waals surface area contributed by atoms with Crippen LogP contribution in [-0.2, 0) is 17.9 Å². The molecule has 0 saturated heterocycles. The van der Waals surface area contributed by atoms with E-state index in [1.165, 1.54) is 0 Å². The van der Waals surface area contributed by atoms with Gasteiger partial charge in [0, 0.05) is 24.5 Å². The van der Waals surface area contributed by atoms with Gasteiger partial charge in [0.1, 0.15) is 29.6 Å². The molecule has 0 aromatic carbocycles. The Kier molecular flexibility index (Phi) is 5.81. The van der Waals surface area contributed by atoms with Crippen molar-refractivity contribution in [3.8, 4) is 11.4 Å². The summed E-state index contributed by atoms with van der Waals surface area (Å²) in [6.45, 7) is 7.83. The Labute approximate surface area is 190 Å². The summed E-state index contributed by atoms with van der Waals surface area (Å²) in [6.07, 6.45) is 6.75. The molecule has 11 nitrogen and oxygen atoms in total. The second-order valence-electron chi connectivity index (χ2n) is 8.77. The average Bonchev–Trinajstić information content (AvgIpc) is 3.37. The van der Waals surface area contributed by atoms with Crippen LogP contribution in [0.3, 0.4) is 0 Å². The molecule has 0 fully saturated rings. The van der Waals surface area contributed by atoms with E-state index in [-0.39, 0.29) is 12.6 Å². The zero-order valence-electron chi connectivity index (χ0n) is 19.0. The molecule has 4 rings (SSSR count). The highest BCUT2D eigenvalue weighted by molar-refractivity contribution is 5.80. The van der Waals surface area contributed by atoms with Crippen LogP contribution in [0, 0.1) is 5.41 Å². The Bertz CT molecular complexity index is 1310. The van der Waals surface area contributed by atoms with Crippen LogP contribution in [0.5, 0.6) is 0 Å². The number of primary amides is 1. The minimum Gasteiger partial charge on any atom is -0.388 e. The van der Waals surface area contributed by atoms with Crippen molar-refractivity contribution >= 4 is 28.6 Å². The molecule has 4 heterocycles. The van der Waals surface area contributed by atoms with E-state index in [4.69, 9.17) is 5.73 Å². The van der Waals surface area contributed by atoms with Crippen LogP contribution in [0.1, 0.15) is 39.6 Å². The number of aromatic nitrogens is 7. The van der Waals surface area contributed by atoms with Gasteiger partial charge >= 0.3 is 0 Å². The third-order valence-electron chi connectivity index (χ3n) is 5.33. The van der Waals surface area contributed by atoms with Crippen LogP contribution < -0.4 is 11.1 Å². The fourth-order valence-electron chi connectivity index (χ4n) is 3.55. The number of rotatable bonds is 8. The van der Waals surface area contributed by atoms with Crippen LogP contribution in [-0.4, -0.2) is 45.3 Å². The monoisotopic (exact) mass is 449 g/mol. The highest BCUT2D eigenvalue weighted by Crippen LogP contribution is 2.25. The van der Waals surface area contributed by atoms with Crippen molar-refractivity contribution in [2.75, 3.05) is 5.32 Å². The summed E-state index contributed by atoms with van der Waals surface area (Å²) in [4.78, 5) is 29.4. The first-order valence-electron chi connectivity index (χ1n) is 10.6. The molecule has 0 aliphatic carbocycles. The van der Waals surface area contributed by atoms with Crippen molar-refractivity contribution in [2.24, 2.45) is 11.1 Å². The molecule has 0 aliphatic heterocycles. The van der Waals surface area contributed by atoms with E-state index in [0.717, 1.165) is 5.52 Å². The number of pyridine rings is 1. The molecule has 0 radical (unpaired) electrons. The molecule has 0 saturated carbocycles. The van der Waals surface area contributed by atoms with Gasteiger partial charge in [-0.3, -0.25) is 9.48 Å². The van der Waals surface area contributed by atoms with Gasteiger partial charge < -0.3 is 20.7 Å². The molecule has 33 heavy (non-hydrogen) atoms. The third-order valence-corrected chi connectivity index (χ3v) is 5.33. The third kappa shape index (κ3) is 4.53. The number of nitrogens with zero attached hydrogens (tertiary/aromatic N) is 7. The molecule has 0 unspecified atom stereocenters. The second-order valence-corrected chi connectivity index (χ2v) is 8.77. The second kappa shape index (κ2) is 8.58. The van der Waals surface area contributed by atoms with Gasteiger partial charge in [-0.05, 0) is 33.8 Å². The summed E-state index contributed by atoms with van der Waals surface area (Å²) in [5, 5.41) is 17.2. The summed E-state index contributed by atoms with van der Waals surface area (Å²) in [7, 11) is 0. The number of aliphatic hydroxyl groups excluding tert-OH is 1. The highest BCUT2D eigenvalue weighted by atomic mass is 16.3. The van der Waals surface area contributed by atoms with E-state index in [0.29, 0.717) is 40.9 Å². The van der Waals surface area contributed by atoms with Crippen molar-refractivity contribution in [1.29, 1.82) is 0 Å². The Morgan fingerprint density at radius 1 is 1.21 bits per heavy atom. The molecule has 0 spiro atoms. The van der Waals surface area contributed by atoms with E-state index >= 15 is 0 Å². The van der Waals surface area contributed by atoms with E-state index in [1.807, 2.05) is 24.5 Å². The number of nitrogens with one attached hydrogen (secondary N) is 1. The lowest BCUT2D eigenvalue weighted by molar-refractivity contribution is -0.126. The van der Waals surface area contributed by atoms with Crippen LogP contribution in [0.25, 0.3) is 22.4 Å². The molecular formula is C22H27N9O2. The maximum Gasteiger partial charge on any atom is 0.224 e. The predicted molar refractivity (Wildman–Crippen MR) is 123 cm³/mol. The number of hydrogen-bond donors (Lipinski definition) is 3. The summed E-state index contributed by atoms with van der Waals surface area (Å²) in [5.74, 6) is 1.85. The molecule has 11 heteroatoms. The van der Waals surface area contributed by atoms with E-state index in [9.17, 15) is 9.90 Å². The Morgan fingerprint density at radius 3 is 2.70 bits per heavy atom. The van der Waals surface area contributed by atoms with Gasteiger partial charge in [0.05, 0.1) is 35.4 Å². The van der Waals surface area contributed by atoms with Crippen molar-refractivity contribution < 1.29 is 9.90 Å². The first-order valence-corrected chi connectivity index (χ1v) is 10.6. The highest BCUT2D eigenvalue weighted by Gasteiger charge is 2.26. The molecular weight excluding hydrogens is 422 g/mol. The Hall–Kier alpha value is -3.86. The number of amides is 1. The fraction of sp³-hybridized carbons (Fsp3) is 0.364. The molecule has 0 bridgehead atoms. The topological polar surface area (TPSA) is 150 Å². The van der Waals surface area contributed by atoms with Crippen LogP contribution in [0.2, 0.25) is 0 Å². The van der Waals surface area contributed by atoms with Gasteiger partial charge in [0.25, 0.3) is 0 Å². The number of fused-ring (bicyclic) bond motifs is 1. The van der Waals surface area contributed by atoms with Crippen molar-refractivity contribution in [3.05, 3.63) is 42.7 Å². The van der Waals surface area contributed by atoms with Crippen LogP contribution in [0.4, 0.5) is 11.6 Å². The first kappa shape index (κ1) is 22.3. The van der Waals surface area contributed by atoms with Gasteiger partial charge in [-0.1, -0.05) is 0 Å². The number of aliphatic hydroxyl groups is 1. The molecule has 1 amide bonds. The van der Waals surface area contributed by atoms with E-state index < -0.39 is 11.3 Å². The fourth-order valence-corrected chi connectivity index (χ4v) is 3.55. The number of imidazole rings is 1. The lowest BCUT2D eigenvalue weighted by Crippen LogP contribution is -2.35. The average molecular weight is 450 g/mol. The van der Waals surface area contributed by atoms with Gasteiger partial charge in [0.15, 0.2) is 5.82 Å². The van der Waals surface area contributed by atoms with E-state index in [2.05, 4.69) is 30.4 Å². The number of nitrogens with two attached hydrogens (primary N) is 1. The molecule has 172 valence electrons. The first-order chi connectivity index (χ1) is 15.7. The van der Waals surface area contributed by atoms with Crippen LogP contribution in [0.15, 0.2) is 36.9 Å². The molecule has 4 aromatic heterocycles. The van der Waals surface area contributed by atoms with E-state index in [1.54, 1.807) is 49.4 Å². The number of hydrogen-bond acceptors (Lipinski definition) is 8. The van der Waals surface area contributed by atoms with Gasteiger partial charge in [-0.25, -0.2) is 19.9 Å². The molecule has 0 aliphatic rings. The largest absolute Gasteiger partial charge is 0.388 e. The SMILES string of the molecule is CC(C)n1c(CO)nc2cnc(Nc3ccnc(-c4cnn(CC(C)(C)C(N)=O)c4)n3)cc21. The Morgan fingerprint density at radius 2 is 2.00 bits per heavy atom. The minimum absolute atomic E-state index is 0.133. The van der Waals surface area contributed by atoms with Crippen LogP contribution >= 0.6 is 0 Å². The maximum atomic E-state index is 11.6. The van der Waals surface area contributed by atoms with Crippen molar-refractivity contribution in [1.82, 2.24) is 34.3 Å². The lowest BCUT2D eigenvalue weighted by Gasteiger charge is -2.19. The number of anilines is 2. The van der Waals surface area contributed by atoms with Crippen molar-refractivity contribution in [2.45, 2.75) is 46.9 Å². The zero-order chi connectivity index (χ0) is 23.8. The smallest absolute Gasteiger partial charge is 0.224 e. The summed E-state index contributed by atoms with van der Waals surface area (Å²) < 4.78 is 3.64.